The Morgan fingerprint density at radius 3 is 2.50 bits per heavy atom. The second kappa shape index (κ2) is 5.22. The van der Waals surface area contributed by atoms with Crippen LogP contribution in [0.4, 0.5) is 0 Å². The molecule has 4 N–H and O–H groups in total. The molecule has 0 aromatic heterocycles. The van der Waals surface area contributed by atoms with Crippen LogP contribution in [0.2, 0.25) is 0 Å². The molecule has 1 heterocycles. The van der Waals surface area contributed by atoms with Gasteiger partial charge in [-0.15, -0.1) is 0 Å². The third-order valence-electron chi connectivity index (χ3n) is 3.64. The summed E-state index contributed by atoms with van der Waals surface area (Å²) in [6, 6.07) is 7.76. The van der Waals surface area contributed by atoms with Gasteiger partial charge in [-0.25, -0.2) is 4.79 Å². The van der Waals surface area contributed by atoms with Gasteiger partial charge in [-0.3, -0.25) is 4.79 Å². The number of carbonyl (C=O) groups excluding carboxylic acids is 1. The summed E-state index contributed by atoms with van der Waals surface area (Å²) in [5.74, 6) is -1.62. The number of β-amino-alcohol motifs (C(OH)–C–C–N with tert-alkyl or cyclic N) is 1. The van der Waals surface area contributed by atoms with Gasteiger partial charge < -0.3 is 20.8 Å². The fraction of sp³-hybridized carbons (Fsp3) is 0.429. The van der Waals surface area contributed by atoms with Crippen molar-refractivity contribution in [2.45, 2.75) is 31.0 Å². The fourth-order valence-electron chi connectivity index (χ4n) is 2.48. The van der Waals surface area contributed by atoms with E-state index in [4.69, 9.17) is 10.8 Å². The molecule has 1 amide bonds. The fourth-order valence-corrected chi connectivity index (χ4v) is 2.48. The van der Waals surface area contributed by atoms with Crippen LogP contribution in [0.5, 0.6) is 0 Å². The molecule has 108 valence electrons. The van der Waals surface area contributed by atoms with Crippen LogP contribution in [-0.2, 0) is 15.1 Å². The first-order chi connectivity index (χ1) is 9.34. The van der Waals surface area contributed by atoms with Crippen molar-refractivity contribution in [3.05, 3.63) is 35.9 Å². The van der Waals surface area contributed by atoms with E-state index in [1.165, 1.54) is 0 Å². The highest BCUT2D eigenvalue weighted by molar-refractivity contribution is 5.91. The predicted octanol–water partition coefficient (Wildman–Crippen LogP) is -0.0931. The van der Waals surface area contributed by atoms with E-state index < -0.39 is 29.6 Å². The summed E-state index contributed by atoms with van der Waals surface area (Å²) in [6.07, 6.45) is -0.794. The number of benzene rings is 1. The number of rotatable bonds is 3. The van der Waals surface area contributed by atoms with Gasteiger partial charge >= 0.3 is 5.97 Å². The van der Waals surface area contributed by atoms with Crippen LogP contribution in [0, 0.1) is 0 Å². The molecule has 1 aliphatic rings. The molecule has 3 atom stereocenters. The lowest BCUT2D eigenvalue weighted by molar-refractivity contribution is -0.150. The van der Waals surface area contributed by atoms with Gasteiger partial charge in [0.25, 0.3) is 0 Å². The Kier molecular flexibility index (Phi) is 3.78. The molecule has 1 aromatic carbocycles. The molecule has 2 rings (SSSR count). The Labute approximate surface area is 116 Å². The topological polar surface area (TPSA) is 104 Å². The largest absolute Gasteiger partial charge is 0.480 e. The molecule has 1 saturated heterocycles. The Morgan fingerprint density at radius 1 is 1.35 bits per heavy atom. The van der Waals surface area contributed by atoms with E-state index in [1.54, 1.807) is 31.2 Å². The van der Waals surface area contributed by atoms with Crippen LogP contribution < -0.4 is 5.73 Å². The average molecular weight is 278 g/mol. The number of carboxylic acids is 1. The third kappa shape index (κ3) is 2.52. The number of nitrogens with two attached hydrogens (primary N) is 1. The smallest absolute Gasteiger partial charge is 0.326 e. The molecular weight excluding hydrogens is 260 g/mol. The Bertz CT molecular complexity index is 515. The highest BCUT2D eigenvalue weighted by Gasteiger charge is 2.44. The first-order valence-electron chi connectivity index (χ1n) is 6.40. The van der Waals surface area contributed by atoms with Gasteiger partial charge in [-0.05, 0) is 12.5 Å². The summed E-state index contributed by atoms with van der Waals surface area (Å²) in [6.45, 7) is 1.55. The number of hydrogen-bond acceptors (Lipinski definition) is 4. The number of nitrogens with zero attached hydrogens (tertiary/aromatic N) is 1. The summed E-state index contributed by atoms with van der Waals surface area (Å²) in [7, 11) is 0. The maximum Gasteiger partial charge on any atom is 0.326 e. The van der Waals surface area contributed by atoms with Crippen molar-refractivity contribution in [1.82, 2.24) is 4.90 Å². The molecule has 0 aliphatic carbocycles. The number of amides is 1. The summed E-state index contributed by atoms with van der Waals surface area (Å²) in [4.78, 5) is 24.9. The van der Waals surface area contributed by atoms with Gasteiger partial charge in [0.15, 0.2) is 0 Å². The molecule has 0 saturated carbocycles. The van der Waals surface area contributed by atoms with Crippen LogP contribution in [0.3, 0.4) is 0 Å². The number of likely N-dealkylation sites (tertiary alicyclic amines) is 1. The van der Waals surface area contributed by atoms with Crippen LogP contribution >= 0.6 is 0 Å². The molecule has 3 unspecified atom stereocenters. The van der Waals surface area contributed by atoms with E-state index in [-0.39, 0.29) is 13.0 Å². The second-order valence-corrected chi connectivity index (χ2v) is 5.27. The maximum absolute atomic E-state index is 12.6. The molecule has 0 spiro atoms. The van der Waals surface area contributed by atoms with Gasteiger partial charge in [0.05, 0.1) is 6.10 Å². The maximum atomic E-state index is 12.6. The minimum Gasteiger partial charge on any atom is -0.480 e. The average Bonchev–Trinajstić information content (AvgIpc) is 2.81. The van der Waals surface area contributed by atoms with Crippen molar-refractivity contribution in [1.29, 1.82) is 0 Å². The molecular formula is C14H18N2O4. The number of hydrogen-bond donors (Lipinski definition) is 3. The number of aliphatic carboxylic acids is 1. The molecule has 0 radical (unpaired) electrons. The van der Waals surface area contributed by atoms with E-state index in [2.05, 4.69) is 0 Å². The van der Waals surface area contributed by atoms with E-state index >= 15 is 0 Å². The summed E-state index contributed by atoms with van der Waals surface area (Å²) in [5.41, 5.74) is 5.39. The van der Waals surface area contributed by atoms with Crippen molar-refractivity contribution in [2.75, 3.05) is 6.54 Å². The standard InChI is InChI=1S/C14H18N2O4/c1-14(15,9-5-3-2-4-6-9)13(20)16-8-10(17)7-11(16)12(18)19/h2-6,10-11,17H,7-8,15H2,1H3,(H,18,19). The van der Waals surface area contributed by atoms with Gasteiger partial charge in [0.2, 0.25) is 5.91 Å². The molecule has 0 bridgehead atoms. The number of carboxylic acid groups (broad SMARTS) is 1. The van der Waals surface area contributed by atoms with Gasteiger partial charge in [-0.1, -0.05) is 30.3 Å². The molecule has 1 fully saturated rings. The van der Waals surface area contributed by atoms with Crippen LogP contribution in [-0.4, -0.2) is 45.7 Å². The summed E-state index contributed by atoms with van der Waals surface area (Å²) in [5, 5.41) is 18.7. The predicted molar refractivity (Wildman–Crippen MR) is 71.7 cm³/mol. The summed E-state index contributed by atoms with van der Waals surface area (Å²) >= 11 is 0. The summed E-state index contributed by atoms with van der Waals surface area (Å²) < 4.78 is 0. The van der Waals surface area contributed by atoms with Crippen molar-refractivity contribution < 1.29 is 19.8 Å². The Morgan fingerprint density at radius 2 is 1.95 bits per heavy atom. The SMILES string of the molecule is CC(N)(C(=O)N1CC(O)CC1C(=O)O)c1ccccc1. The Balaban J connectivity index is 2.28. The van der Waals surface area contributed by atoms with Crippen LogP contribution in [0.1, 0.15) is 18.9 Å². The van der Waals surface area contributed by atoms with Crippen molar-refractivity contribution in [2.24, 2.45) is 5.73 Å². The van der Waals surface area contributed by atoms with E-state index in [9.17, 15) is 14.7 Å². The van der Waals surface area contributed by atoms with Crippen molar-refractivity contribution in [3.8, 4) is 0 Å². The molecule has 6 heteroatoms. The molecule has 20 heavy (non-hydrogen) atoms. The van der Waals surface area contributed by atoms with Crippen molar-refractivity contribution >= 4 is 11.9 Å². The number of carbonyl (C=O) groups is 2. The minimum absolute atomic E-state index is 0.00454. The van der Waals surface area contributed by atoms with Gasteiger partial charge in [0, 0.05) is 13.0 Å². The molecule has 6 nitrogen and oxygen atoms in total. The molecule has 1 aliphatic heterocycles. The zero-order chi connectivity index (χ0) is 14.9. The second-order valence-electron chi connectivity index (χ2n) is 5.27. The van der Waals surface area contributed by atoms with E-state index in [0.29, 0.717) is 5.56 Å². The third-order valence-corrected chi connectivity index (χ3v) is 3.64. The quantitative estimate of drug-likeness (QED) is 0.716. The van der Waals surface area contributed by atoms with Gasteiger partial charge in [-0.2, -0.15) is 0 Å². The lowest BCUT2D eigenvalue weighted by atomic mass is 9.91. The van der Waals surface area contributed by atoms with E-state index in [0.717, 1.165) is 4.90 Å². The first kappa shape index (κ1) is 14.5. The number of aliphatic hydroxyl groups excluding tert-OH is 1. The van der Waals surface area contributed by atoms with Crippen molar-refractivity contribution in [3.63, 3.8) is 0 Å². The number of aliphatic hydroxyl groups is 1. The highest BCUT2D eigenvalue weighted by atomic mass is 16.4. The first-order valence-corrected chi connectivity index (χ1v) is 6.40. The Hall–Kier alpha value is -1.92. The zero-order valence-corrected chi connectivity index (χ0v) is 11.2. The lowest BCUT2D eigenvalue weighted by Crippen LogP contribution is -2.54. The van der Waals surface area contributed by atoms with Crippen LogP contribution in [0.15, 0.2) is 30.3 Å². The van der Waals surface area contributed by atoms with Crippen LogP contribution in [0.25, 0.3) is 0 Å². The zero-order valence-electron chi connectivity index (χ0n) is 11.2. The lowest BCUT2D eigenvalue weighted by Gasteiger charge is -2.31. The normalized spacial score (nSPS) is 25.2. The minimum atomic E-state index is -1.32. The van der Waals surface area contributed by atoms with E-state index in [1.807, 2.05) is 6.07 Å². The monoisotopic (exact) mass is 278 g/mol. The highest BCUT2D eigenvalue weighted by Crippen LogP contribution is 2.26. The molecule has 1 aromatic rings. The van der Waals surface area contributed by atoms with Gasteiger partial charge in [0.1, 0.15) is 11.6 Å².